The highest BCUT2D eigenvalue weighted by atomic mass is 19.1. The summed E-state index contributed by atoms with van der Waals surface area (Å²) in [5.41, 5.74) is 11.5. The summed E-state index contributed by atoms with van der Waals surface area (Å²) in [7, 11) is 0. The van der Waals surface area contributed by atoms with E-state index in [2.05, 4.69) is 23.3 Å². The molecule has 1 heterocycles. The zero-order chi connectivity index (χ0) is 22.7. The molecule has 1 atom stereocenters. The lowest BCUT2D eigenvalue weighted by molar-refractivity contribution is 0.0992. The van der Waals surface area contributed by atoms with E-state index in [4.69, 9.17) is 10.5 Å². The Morgan fingerprint density at radius 1 is 1.25 bits per heavy atom. The van der Waals surface area contributed by atoms with Crippen LogP contribution >= 0.6 is 0 Å². The molecule has 2 aliphatic rings. The molecule has 1 aromatic carbocycles. The largest absolute Gasteiger partial charge is 0.381 e. The summed E-state index contributed by atoms with van der Waals surface area (Å²) < 4.78 is 19.1. The fourth-order valence-corrected chi connectivity index (χ4v) is 4.63. The van der Waals surface area contributed by atoms with Crippen molar-refractivity contribution in [3.8, 4) is 0 Å². The Balaban J connectivity index is 1.65. The first kappa shape index (κ1) is 22.6. The van der Waals surface area contributed by atoms with Gasteiger partial charge in [-0.3, -0.25) is 9.78 Å². The van der Waals surface area contributed by atoms with Crippen molar-refractivity contribution in [2.24, 2.45) is 5.73 Å². The Bertz CT molecular complexity index is 995. The van der Waals surface area contributed by atoms with Crippen LogP contribution in [-0.4, -0.2) is 35.6 Å². The topological polar surface area (TPSA) is 77.2 Å². The fourth-order valence-electron chi connectivity index (χ4n) is 4.63. The number of carbonyl (C=O) groups excluding carboxylic acids is 1. The first-order chi connectivity index (χ1) is 15.4. The highest BCUT2D eigenvalue weighted by Crippen LogP contribution is 2.36. The van der Waals surface area contributed by atoms with Gasteiger partial charge in [-0.1, -0.05) is 12.1 Å². The van der Waals surface area contributed by atoms with Crippen molar-refractivity contribution in [2.75, 3.05) is 11.9 Å². The molecule has 0 saturated heterocycles. The van der Waals surface area contributed by atoms with Crippen molar-refractivity contribution in [1.82, 2.24) is 4.98 Å². The van der Waals surface area contributed by atoms with Crippen molar-refractivity contribution in [3.63, 3.8) is 0 Å². The normalized spacial score (nSPS) is 21.1. The number of nitrogens with two attached hydrogens (primary N) is 1. The average molecular weight is 438 g/mol. The number of aromatic nitrogens is 1. The van der Waals surface area contributed by atoms with Gasteiger partial charge in [0.2, 0.25) is 0 Å². The number of carbonyl (C=O) groups is 1. The maximum absolute atomic E-state index is 13.3. The van der Waals surface area contributed by atoms with Crippen molar-refractivity contribution in [2.45, 2.75) is 70.6 Å². The second-order valence-electron chi connectivity index (χ2n) is 8.88. The van der Waals surface area contributed by atoms with Crippen LogP contribution in [-0.2, 0) is 17.6 Å². The lowest BCUT2D eigenvalue weighted by atomic mass is 9.91. The molecule has 32 heavy (non-hydrogen) atoms. The van der Waals surface area contributed by atoms with Gasteiger partial charge in [-0.25, -0.2) is 4.39 Å². The van der Waals surface area contributed by atoms with E-state index < -0.39 is 0 Å². The molecular weight excluding hydrogens is 405 g/mol. The highest BCUT2D eigenvalue weighted by Gasteiger charge is 2.27. The number of Topliss-reactive ketones (excluding diaryl/α,β-unsaturated/α-hetero) is 1. The van der Waals surface area contributed by atoms with Crippen LogP contribution in [0.3, 0.4) is 0 Å². The van der Waals surface area contributed by atoms with Gasteiger partial charge >= 0.3 is 0 Å². The maximum Gasteiger partial charge on any atom is 0.170 e. The second kappa shape index (κ2) is 9.92. The summed E-state index contributed by atoms with van der Waals surface area (Å²) in [5, 5.41) is 3.68. The minimum atomic E-state index is -0.306. The van der Waals surface area contributed by atoms with Crippen LogP contribution in [0.15, 0.2) is 36.0 Å². The minimum Gasteiger partial charge on any atom is -0.381 e. The van der Waals surface area contributed by atoms with Gasteiger partial charge in [0.25, 0.3) is 0 Å². The van der Waals surface area contributed by atoms with E-state index in [-0.39, 0.29) is 36.2 Å². The van der Waals surface area contributed by atoms with Gasteiger partial charge in [-0.15, -0.1) is 0 Å². The van der Waals surface area contributed by atoms with Crippen LogP contribution in [0.4, 0.5) is 10.1 Å². The summed E-state index contributed by atoms with van der Waals surface area (Å²) in [5.74, 6) is -0.332. The van der Waals surface area contributed by atoms with E-state index in [0.717, 1.165) is 54.6 Å². The molecule has 1 saturated carbocycles. The molecule has 1 fully saturated rings. The zero-order valence-electron chi connectivity index (χ0n) is 18.9. The molecule has 2 aromatic rings. The standard InChI is InChI=1S/C26H32FN3O2/c1-3-32-16(2)18-13-22-24(14-18)29-15-23(25(31)12-17-4-6-19(27)7-5-17)26(22)30-21-10-8-20(28)9-11-21/h4-7,13,15-16,20-21H,3,8-12,14,28H2,1-2H3,(H,29,30). The number of nitrogens with zero attached hydrogens (tertiary/aromatic N) is 1. The van der Waals surface area contributed by atoms with E-state index in [1.54, 1.807) is 18.3 Å². The van der Waals surface area contributed by atoms with Gasteiger partial charge in [0.05, 0.1) is 23.0 Å². The number of benzene rings is 1. The number of anilines is 1. The molecule has 6 heteroatoms. The number of hydrogen-bond acceptors (Lipinski definition) is 5. The Hall–Kier alpha value is -2.57. The third-order valence-electron chi connectivity index (χ3n) is 6.54. The summed E-state index contributed by atoms with van der Waals surface area (Å²) in [6, 6.07) is 6.63. The maximum atomic E-state index is 13.3. The van der Waals surface area contributed by atoms with Gasteiger partial charge in [0.15, 0.2) is 5.78 Å². The molecule has 1 aromatic heterocycles. The first-order valence-electron chi connectivity index (χ1n) is 11.6. The number of halogens is 1. The Morgan fingerprint density at radius 2 is 1.97 bits per heavy atom. The van der Waals surface area contributed by atoms with Gasteiger partial charge in [0, 0.05) is 43.3 Å². The molecule has 0 spiro atoms. The van der Waals surface area contributed by atoms with E-state index in [0.29, 0.717) is 12.2 Å². The second-order valence-corrected chi connectivity index (χ2v) is 8.88. The van der Waals surface area contributed by atoms with E-state index in [1.165, 1.54) is 17.7 Å². The molecule has 0 bridgehead atoms. The molecule has 3 N–H and O–H groups in total. The summed E-state index contributed by atoms with van der Waals surface area (Å²) in [4.78, 5) is 17.9. The molecule has 2 aliphatic carbocycles. The monoisotopic (exact) mass is 437 g/mol. The first-order valence-corrected chi connectivity index (χ1v) is 11.6. The van der Waals surface area contributed by atoms with Crippen molar-refractivity contribution >= 4 is 17.5 Å². The predicted molar refractivity (Wildman–Crippen MR) is 125 cm³/mol. The molecule has 0 amide bonds. The van der Waals surface area contributed by atoms with E-state index in [9.17, 15) is 9.18 Å². The lowest BCUT2D eigenvalue weighted by Crippen LogP contribution is -2.33. The van der Waals surface area contributed by atoms with Crippen molar-refractivity contribution in [1.29, 1.82) is 0 Å². The van der Waals surface area contributed by atoms with Crippen LogP contribution < -0.4 is 11.1 Å². The third-order valence-corrected chi connectivity index (χ3v) is 6.54. The molecular formula is C26H32FN3O2. The van der Waals surface area contributed by atoms with Gasteiger partial charge in [0.1, 0.15) is 5.82 Å². The van der Waals surface area contributed by atoms with Gasteiger partial charge < -0.3 is 15.8 Å². The number of nitrogens with one attached hydrogen (secondary N) is 1. The summed E-state index contributed by atoms with van der Waals surface area (Å²) >= 11 is 0. The number of fused-ring (bicyclic) bond motifs is 1. The Labute approximate surface area is 189 Å². The zero-order valence-corrected chi connectivity index (χ0v) is 18.9. The quantitative estimate of drug-likeness (QED) is 0.586. The number of rotatable bonds is 8. The number of hydrogen-bond donors (Lipinski definition) is 2. The van der Waals surface area contributed by atoms with Gasteiger partial charge in [-0.2, -0.15) is 0 Å². The summed E-state index contributed by atoms with van der Waals surface area (Å²) in [6.45, 7) is 4.69. The smallest absolute Gasteiger partial charge is 0.170 e. The molecule has 170 valence electrons. The SMILES string of the molecule is CCOC(C)C1=Cc2c(ncc(C(=O)Cc3ccc(F)cc3)c2NC2CCC(N)CC2)C1. The number of ketones is 1. The fraction of sp³-hybridized carbons (Fsp3) is 0.462. The van der Waals surface area contributed by atoms with Crippen LogP contribution in [0.1, 0.15) is 66.7 Å². The minimum absolute atomic E-state index is 0.00750. The van der Waals surface area contributed by atoms with Gasteiger partial charge in [-0.05, 0) is 68.9 Å². The highest BCUT2D eigenvalue weighted by molar-refractivity contribution is 6.04. The number of ether oxygens (including phenoxy) is 1. The summed E-state index contributed by atoms with van der Waals surface area (Å²) in [6.07, 6.45) is 8.69. The molecule has 0 aliphatic heterocycles. The van der Waals surface area contributed by atoms with E-state index in [1.807, 2.05) is 6.92 Å². The third kappa shape index (κ3) is 5.08. The molecule has 4 rings (SSSR count). The Kier molecular flexibility index (Phi) is 7.01. The van der Waals surface area contributed by atoms with Crippen molar-refractivity contribution in [3.05, 3.63) is 64.2 Å². The Morgan fingerprint density at radius 3 is 2.66 bits per heavy atom. The molecule has 5 nitrogen and oxygen atoms in total. The predicted octanol–water partition coefficient (Wildman–Crippen LogP) is 4.69. The lowest BCUT2D eigenvalue weighted by Gasteiger charge is -2.29. The van der Waals surface area contributed by atoms with Crippen LogP contribution in [0.25, 0.3) is 6.08 Å². The molecule has 0 radical (unpaired) electrons. The molecule has 1 unspecified atom stereocenters. The van der Waals surface area contributed by atoms with Crippen LogP contribution in [0.5, 0.6) is 0 Å². The average Bonchev–Trinajstić information content (AvgIpc) is 3.22. The van der Waals surface area contributed by atoms with E-state index >= 15 is 0 Å². The van der Waals surface area contributed by atoms with Crippen molar-refractivity contribution < 1.29 is 13.9 Å². The van der Waals surface area contributed by atoms with Crippen LogP contribution in [0, 0.1) is 5.82 Å². The van der Waals surface area contributed by atoms with Crippen LogP contribution in [0.2, 0.25) is 0 Å². The number of pyridine rings is 1.